The zero-order chi connectivity index (χ0) is 17.5. The first-order chi connectivity index (χ1) is 11.5. The van der Waals surface area contributed by atoms with Crippen molar-refractivity contribution in [3.63, 3.8) is 0 Å². The summed E-state index contributed by atoms with van der Waals surface area (Å²) in [5.41, 5.74) is 0.994. The summed E-state index contributed by atoms with van der Waals surface area (Å²) in [5.74, 6) is -0.398. The number of benzene rings is 2. The smallest absolute Gasteiger partial charge is 0.251 e. The van der Waals surface area contributed by atoms with Crippen LogP contribution in [0.15, 0.2) is 42.5 Å². The van der Waals surface area contributed by atoms with Gasteiger partial charge >= 0.3 is 0 Å². The third-order valence-corrected chi connectivity index (χ3v) is 4.27. The summed E-state index contributed by atoms with van der Waals surface area (Å²) in [4.78, 5) is 23.8. The first-order valence-corrected chi connectivity index (χ1v) is 8.38. The van der Waals surface area contributed by atoms with E-state index < -0.39 is 0 Å². The van der Waals surface area contributed by atoms with Crippen molar-refractivity contribution in [2.24, 2.45) is 0 Å². The van der Waals surface area contributed by atoms with Crippen molar-refractivity contribution in [2.75, 3.05) is 11.9 Å². The number of carbonyl (C=O) groups excluding carboxylic acids is 2. The SMILES string of the molecule is O=C(CCCNC(=O)c1ccc(Cl)cc1)Nc1cccc(Cl)c1Cl. The third-order valence-electron chi connectivity index (χ3n) is 3.20. The molecule has 0 aromatic heterocycles. The molecule has 2 rings (SSSR count). The van der Waals surface area contributed by atoms with Crippen molar-refractivity contribution in [3.05, 3.63) is 63.1 Å². The highest BCUT2D eigenvalue weighted by atomic mass is 35.5. The van der Waals surface area contributed by atoms with Crippen LogP contribution in [0.25, 0.3) is 0 Å². The lowest BCUT2D eigenvalue weighted by atomic mass is 10.2. The third kappa shape index (κ3) is 5.41. The van der Waals surface area contributed by atoms with Gasteiger partial charge in [0.25, 0.3) is 5.91 Å². The van der Waals surface area contributed by atoms with Gasteiger partial charge in [0.2, 0.25) is 5.91 Å². The van der Waals surface area contributed by atoms with Gasteiger partial charge in [-0.3, -0.25) is 9.59 Å². The second-order valence-corrected chi connectivity index (χ2v) is 6.24. The molecule has 2 amide bonds. The van der Waals surface area contributed by atoms with E-state index in [1.54, 1.807) is 42.5 Å². The van der Waals surface area contributed by atoms with Crippen LogP contribution >= 0.6 is 34.8 Å². The Hall–Kier alpha value is -1.75. The molecule has 2 aromatic rings. The fourth-order valence-electron chi connectivity index (χ4n) is 1.97. The fraction of sp³-hybridized carbons (Fsp3) is 0.176. The van der Waals surface area contributed by atoms with Gasteiger partial charge in [0, 0.05) is 23.6 Å². The number of nitrogens with one attached hydrogen (secondary N) is 2. The summed E-state index contributed by atoms with van der Waals surface area (Å²) in [6.07, 6.45) is 0.757. The molecule has 0 fully saturated rings. The number of hydrogen-bond acceptors (Lipinski definition) is 2. The Labute approximate surface area is 155 Å². The lowest BCUT2D eigenvalue weighted by Crippen LogP contribution is -2.25. The predicted molar refractivity (Wildman–Crippen MR) is 98.1 cm³/mol. The number of halogens is 3. The summed E-state index contributed by atoms with van der Waals surface area (Å²) in [5, 5.41) is 6.70. The van der Waals surface area contributed by atoms with Crippen LogP contribution in [0.2, 0.25) is 15.1 Å². The minimum Gasteiger partial charge on any atom is -0.352 e. The average Bonchev–Trinajstić information content (AvgIpc) is 2.56. The second kappa shape index (κ2) is 8.92. The molecule has 2 N–H and O–H groups in total. The molecule has 0 aliphatic heterocycles. The van der Waals surface area contributed by atoms with E-state index in [9.17, 15) is 9.59 Å². The molecule has 0 heterocycles. The highest BCUT2D eigenvalue weighted by Crippen LogP contribution is 2.29. The van der Waals surface area contributed by atoms with Gasteiger partial charge in [-0.2, -0.15) is 0 Å². The van der Waals surface area contributed by atoms with E-state index >= 15 is 0 Å². The molecule has 0 radical (unpaired) electrons. The van der Waals surface area contributed by atoms with Crippen LogP contribution in [0.5, 0.6) is 0 Å². The molecule has 0 spiro atoms. The van der Waals surface area contributed by atoms with Crippen LogP contribution in [0.3, 0.4) is 0 Å². The molecule has 0 atom stereocenters. The van der Waals surface area contributed by atoms with Crippen molar-refractivity contribution in [3.8, 4) is 0 Å². The minimum absolute atomic E-state index is 0.195. The van der Waals surface area contributed by atoms with Gasteiger partial charge in [0.1, 0.15) is 0 Å². The number of rotatable bonds is 6. The molecule has 2 aromatic carbocycles. The number of anilines is 1. The van der Waals surface area contributed by atoms with Gasteiger partial charge in [-0.15, -0.1) is 0 Å². The van der Waals surface area contributed by atoms with Crippen molar-refractivity contribution in [2.45, 2.75) is 12.8 Å². The average molecular weight is 386 g/mol. The molecular formula is C17H15Cl3N2O2. The zero-order valence-electron chi connectivity index (χ0n) is 12.6. The first-order valence-electron chi connectivity index (χ1n) is 7.25. The molecule has 0 saturated carbocycles. The van der Waals surface area contributed by atoms with Crippen LogP contribution < -0.4 is 10.6 Å². The Kier molecular flexibility index (Phi) is 6.91. The van der Waals surface area contributed by atoms with Gasteiger partial charge in [0.05, 0.1) is 15.7 Å². The molecule has 0 bridgehead atoms. The van der Waals surface area contributed by atoms with E-state index in [-0.39, 0.29) is 18.2 Å². The Bertz CT molecular complexity index is 733. The highest BCUT2D eigenvalue weighted by molar-refractivity contribution is 6.44. The van der Waals surface area contributed by atoms with E-state index in [0.717, 1.165) is 0 Å². The molecule has 126 valence electrons. The monoisotopic (exact) mass is 384 g/mol. The topological polar surface area (TPSA) is 58.2 Å². The second-order valence-electron chi connectivity index (χ2n) is 5.02. The Morgan fingerprint density at radius 3 is 2.38 bits per heavy atom. The van der Waals surface area contributed by atoms with E-state index in [1.165, 1.54) is 0 Å². The molecule has 0 aliphatic rings. The predicted octanol–water partition coefficient (Wildman–Crippen LogP) is 4.80. The highest BCUT2D eigenvalue weighted by Gasteiger charge is 2.09. The quantitative estimate of drug-likeness (QED) is 0.702. The summed E-state index contributed by atoms with van der Waals surface area (Å²) in [7, 11) is 0. The van der Waals surface area contributed by atoms with Crippen molar-refractivity contribution in [1.82, 2.24) is 5.32 Å². The number of hydrogen-bond donors (Lipinski definition) is 2. The summed E-state index contributed by atoms with van der Waals surface area (Å²) in [6, 6.07) is 11.6. The fourth-order valence-corrected chi connectivity index (χ4v) is 2.44. The minimum atomic E-state index is -0.204. The van der Waals surface area contributed by atoms with Crippen molar-refractivity contribution >= 4 is 52.3 Å². The molecular weight excluding hydrogens is 371 g/mol. The standard InChI is InChI=1S/C17H15Cl3N2O2/c18-12-8-6-11(7-9-12)17(24)21-10-2-5-15(23)22-14-4-1-3-13(19)16(14)20/h1,3-4,6-9H,2,5,10H2,(H,21,24)(H,22,23). The van der Waals surface area contributed by atoms with Crippen LogP contribution in [0.4, 0.5) is 5.69 Å². The number of carbonyl (C=O) groups is 2. The summed E-state index contributed by atoms with van der Waals surface area (Å²) < 4.78 is 0. The van der Waals surface area contributed by atoms with E-state index in [0.29, 0.717) is 39.3 Å². The van der Waals surface area contributed by atoms with Gasteiger partial charge in [-0.1, -0.05) is 40.9 Å². The lowest BCUT2D eigenvalue weighted by molar-refractivity contribution is -0.116. The molecule has 24 heavy (non-hydrogen) atoms. The van der Waals surface area contributed by atoms with Gasteiger partial charge in [-0.25, -0.2) is 0 Å². The number of amides is 2. The van der Waals surface area contributed by atoms with Gasteiger partial charge < -0.3 is 10.6 Å². The molecule has 4 nitrogen and oxygen atoms in total. The lowest BCUT2D eigenvalue weighted by Gasteiger charge is -2.08. The first kappa shape index (κ1) is 18.6. The van der Waals surface area contributed by atoms with E-state index in [4.69, 9.17) is 34.8 Å². The molecule has 0 saturated heterocycles. The van der Waals surface area contributed by atoms with Crippen molar-refractivity contribution in [1.29, 1.82) is 0 Å². The Balaban J connectivity index is 1.74. The Morgan fingerprint density at radius 1 is 0.958 bits per heavy atom. The van der Waals surface area contributed by atoms with Crippen LogP contribution in [-0.2, 0) is 4.79 Å². The molecule has 0 unspecified atom stereocenters. The zero-order valence-corrected chi connectivity index (χ0v) is 14.9. The van der Waals surface area contributed by atoms with Crippen LogP contribution in [-0.4, -0.2) is 18.4 Å². The maximum atomic E-state index is 11.9. The maximum absolute atomic E-state index is 11.9. The van der Waals surface area contributed by atoms with Gasteiger partial charge in [-0.05, 0) is 42.8 Å². The normalized spacial score (nSPS) is 10.3. The maximum Gasteiger partial charge on any atom is 0.251 e. The van der Waals surface area contributed by atoms with Crippen LogP contribution in [0.1, 0.15) is 23.2 Å². The van der Waals surface area contributed by atoms with Crippen LogP contribution in [0, 0.1) is 0 Å². The molecule has 7 heteroatoms. The van der Waals surface area contributed by atoms with Gasteiger partial charge in [0.15, 0.2) is 0 Å². The molecule has 0 aliphatic carbocycles. The van der Waals surface area contributed by atoms with E-state index in [2.05, 4.69) is 10.6 Å². The summed E-state index contributed by atoms with van der Waals surface area (Å²) >= 11 is 17.7. The largest absolute Gasteiger partial charge is 0.352 e. The van der Waals surface area contributed by atoms with E-state index in [1.807, 2.05) is 0 Å². The Morgan fingerprint density at radius 2 is 1.67 bits per heavy atom. The summed E-state index contributed by atoms with van der Waals surface area (Å²) in [6.45, 7) is 0.387. The van der Waals surface area contributed by atoms with Crippen molar-refractivity contribution < 1.29 is 9.59 Å².